The molecule has 2 aromatic rings. The van der Waals surface area contributed by atoms with Crippen molar-refractivity contribution in [3.8, 4) is 0 Å². The van der Waals surface area contributed by atoms with Crippen LogP contribution in [0.25, 0.3) is 0 Å². The lowest BCUT2D eigenvalue weighted by atomic mass is 10.1. The normalized spacial score (nSPS) is 14.2. The summed E-state index contributed by atoms with van der Waals surface area (Å²) in [6, 6.07) is 9.82. The Morgan fingerprint density at radius 2 is 2.20 bits per heavy atom. The fourth-order valence-corrected chi connectivity index (χ4v) is 2.36. The van der Waals surface area contributed by atoms with Crippen molar-refractivity contribution >= 4 is 11.6 Å². The molecule has 2 N–H and O–H groups in total. The summed E-state index contributed by atoms with van der Waals surface area (Å²) in [6.07, 6.45) is 3.69. The SMILES string of the molecule is Cc1ccoc1C(=O)N(Cc1cccc(N)c1)C1CC1. The van der Waals surface area contributed by atoms with Crippen LogP contribution in [0.4, 0.5) is 5.69 Å². The maximum Gasteiger partial charge on any atom is 0.290 e. The molecule has 0 aliphatic heterocycles. The minimum absolute atomic E-state index is 0.0302. The van der Waals surface area contributed by atoms with Crippen molar-refractivity contribution in [2.24, 2.45) is 0 Å². The second-order valence-corrected chi connectivity index (χ2v) is 5.34. The summed E-state index contributed by atoms with van der Waals surface area (Å²) in [7, 11) is 0. The molecule has 0 unspecified atom stereocenters. The number of hydrogen-bond donors (Lipinski definition) is 1. The van der Waals surface area contributed by atoms with Gasteiger partial charge in [-0.05, 0) is 43.5 Å². The van der Waals surface area contributed by atoms with E-state index in [1.54, 1.807) is 6.26 Å². The lowest BCUT2D eigenvalue weighted by Gasteiger charge is -2.22. The molecular weight excluding hydrogens is 252 g/mol. The van der Waals surface area contributed by atoms with E-state index in [1.807, 2.05) is 42.2 Å². The molecule has 0 radical (unpaired) electrons. The Bertz CT molecular complexity index is 629. The summed E-state index contributed by atoms with van der Waals surface area (Å²) in [4.78, 5) is 14.5. The molecule has 4 nitrogen and oxygen atoms in total. The predicted molar refractivity (Wildman–Crippen MR) is 77.2 cm³/mol. The highest BCUT2D eigenvalue weighted by atomic mass is 16.3. The summed E-state index contributed by atoms with van der Waals surface area (Å²) in [5, 5.41) is 0. The van der Waals surface area contributed by atoms with E-state index in [-0.39, 0.29) is 5.91 Å². The van der Waals surface area contributed by atoms with Crippen molar-refractivity contribution in [3.05, 3.63) is 53.5 Å². The van der Waals surface area contributed by atoms with Crippen LogP contribution in [0.15, 0.2) is 41.0 Å². The molecule has 0 saturated heterocycles. The van der Waals surface area contributed by atoms with Gasteiger partial charge in [0, 0.05) is 23.8 Å². The molecule has 3 rings (SSSR count). The molecule has 20 heavy (non-hydrogen) atoms. The summed E-state index contributed by atoms with van der Waals surface area (Å²) in [6.45, 7) is 2.47. The van der Waals surface area contributed by atoms with Gasteiger partial charge in [-0.25, -0.2) is 0 Å². The van der Waals surface area contributed by atoms with E-state index in [1.165, 1.54) is 0 Å². The van der Waals surface area contributed by atoms with Crippen LogP contribution in [0, 0.1) is 6.92 Å². The highest BCUT2D eigenvalue weighted by Crippen LogP contribution is 2.30. The topological polar surface area (TPSA) is 59.5 Å². The second kappa shape index (κ2) is 5.04. The predicted octanol–water partition coefficient (Wildman–Crippen LogP) is 2.98. The average Bonchev–Trinajstić information content (AvgIpc) is 3.17. The third-order valence-corrected chi connectivity index (χ3v) is 3.61. The highest BCUT2D eigenvalue weighted by Gasteiger charge is 2.34. The van der Waals surface area contributed by atoms with E-state index in [9.17, 15) is 4.79 Å². The molecule has 1 aliphatic carbocycles. The average molecular weight is 270 g/mol. The molecule has 0 atom stereocenters. The van der Waals surface area contributed by atoms with Crippen LogP contribution in [0.1, 0.15) is 34.5 Å². The molecule has 1 heterocycles. The summed E-state index contributed by atoms with van der Waals surface area (Å²) in [5.41, 5.74) is 8.45. The van der Waals surface area contributed by atoms with Crippen LogP contribution in [-0.2, 0) is 6.54 Å². The minimum atomic E-state index is -0.0302. The molecule has 4 heteroatoms. The van der Waals surface area contributed by atoms with E-state index in [2.05, 4.69) is 0 Å². The molecule has 1 aromatic heterocycles. The van der Waals surface area contributed by atoms with Gasteiger partial charge in [-0.15, -0.1) is 0 Å². The maximum atomic E-state index is 12.6. The van der Waals surface area contributed by atoms with Crippen molar-refractivity contribution in [2.45, 2.75) is 32.4 Å². The van der Waals surface area contributed by atoms with Gasteiger partial charge in [0.25, 0.3) is 5.91 Å². The Hall–Kier alpha value is -2.23. The number of nitrogens with two attached hydrogens (primary N) is 1. The fourth-order valence-electron chi connectivity index (χ4n) is 2.36. The van der Waals surface area contributed by atoms with Gasteiger partial charge in [0.2, 0.25) is 0 Å². The van der Waals surface area contributed by atoms with E-state index >= 15 is 0 Å². The van der Waals surface area contributed by atoms with Gasteiger partial charge >= 0.3 is 0 Å². The Labute approximate surface area is 118 Å². The summed E-state index contributed by atoms with van der Waals surface area (Å²) >= 11 is 0. The van der Waals surface area contributed by atoms with E-state index < -0.39 is 0 Å². The Balaban J connectivity index is 1.83. The van der Waals surface area contributed by atoms with Crippen LogP contribution in [0.5, 0.6) is 0 Å². The zero-order valence-electron chi connectivity index (χ0n) is 11.5. The van der Waals surface area contributed by atoms with Crippen LogP contribution < -0.4 is 5.73 Å². The maximum absolute atomic E-state index is 12.6. The first-order chi connectivity index (χ1) is 9.65. The quantitative estimate of drug-likeness (QED) is 0.869. The Kier molecular flexibility index (Phi) is 3.22. The summed E-state index contributed by atoms with van der Waals surface area (Å²) in [5.74, 6) is 0.415. The standard InChI is InChI=1S/C16H18N2O2/c1-11-7-8-20-15(11)16(19)18(14-5-6-14)10-12-3-2-4-13(17)9-12/h2-4,7-9,14H,5-6,10,17H2,1H3. The minimum Gasteiger partial charge on any atom is -0.459 e. The molecule has 0 bridgehead atoms. The zero-order chi connectivity index (χ0) is 14.1. The van der Waals surface area contributed by atoms with Crippen molar-refractivity contribution < 1.29 is 9.21 Å². The van der Waals surface area contributed by atoms with Gasteiger partial charge in [-0.1, -0.05) is 12.1 Å². The number of nitrogens with zero attached hydrogens (tertiary/aromatic N) is 1. The molecule has 1 fully saturated rings. The van der Waals surface area contributed by atoms with Gasteiger partial charge in [-0.2, -0.15) is 0 Å². The number of anilines is 1. The number of carbonyl (C=O) groups is 1. The van der Waals surface area contributed by atoms with Gasteiger partial charge in [0.15, 0.2) is 5.76 Å². The second-order valence-electron chi connectivity index (χ2n) is 5.34. The smallest absolute Gasteiger partial charge is 0.290 e. The largest absolute Gasteiger partial charge is 0.459 e. The van der Waals surface area contributed by atoms with Crippen molar-refractivity contribution in [2.75, 3.05) is 5.73 Å². The lowest BCUT2D eigenvalue weighted by Crippen LogP contribution is -2.32. The van der Waals surface area contributed by atoms with Crippen molar-refractivity contribution in [1.82, 2.24) is 4.90 Å². The van der Waals surface area contributed by atoms with Gasteiger partial charge in [-0.3, -0.25) is 4.79 Å². The molecule has 0 spiro atoms. The number of carbonyl (C=O) groups excluding carboxylic acids is 1. The zero-order valence-corrected chi connectivity index (χ0v) is 11.5. The molecule has 1 amide bonds. The lowest BCUT2D eigenvalue weighted by molar-refractivity contribution is 0.0696. The van der Waals surface area contributed by atoms with Crippen molar-refractivity contribution in [1.29, 1.82) is 0 Å². The number of amides is 1. The van der Waals surface area contributed by atoms with E-state index in [4.69, 9.17) is 10.2 Å². The number of hydrogen-bond acceptors (Lipinski definition) is 3. The number of rotatable bonds is 4. The monoisotopic (exact) mass is 270 g/mol. The van der Waals surface area contributed by atoms with E-state index in [0.717, 1.165) is 29.7 Å². The van der Waals surface area contributed by atoms with Crippen LogP contribution in [-0.4, -0.2) is 16.8 Å². The highest BCUT2D eigenvalue weighted by molar-refractivity contribution is 5.93. The number of nitrogen functional groups attached to an aromatic ring is 1. The third kappa shape index (κ3) is 2.54. The molecule has 104 valence electrons. The molecule has 1 aliphatic rings. The van der Waals surface area contributed by atoms with Gasteiger partial charge in [0.1, 0.15) is 0 Å². The van der Waals surface area contributed by atoms with Gasteiger partial charge in [0.05, 0.1) is 6.26 Å². The number of aryl methyl sites for hydroxylation is 1. The molecule has 1 aromatic carbocycles. The molecular formula is C16H18N2O2. The van der Waals surface area contributed by atoms with Crippen LogP contribution >= 0.6 is 0 Å². The Morgan fingerprint density at radius 1 is 1.40 bits per heavy atom. The first-order valence-corrected chi connectivity index (χ1v) is 6.84. The third-order valence-electron chi connectivity index (χ3n) is 3.61. The van der Waals surface area contributed by atoms with Crippen LogP contribution in [0.3, 0.4) is 0 Å². The van der Waals surface area contributed by atoms with Crippen LogP contribution in [0.2, 0.25) is 0 Å². The first-order valence-electron chi connectivity index (χ1n) is 6.84. The Morgan fingerprint density at radius 3 is 2.80 bits per heavy atom. The number of furan rings is 1. The van der Waals surface area contributed by atoms with Gasteiger partial charge < -0.3 is 15.1 Å². The number of benzene rings is 1. The molecule has 1 saturated carbocycles. The summed E-state index contributed by atoms with van der Waals surface area (Å²) < 4.78 is 5.33. The first kappa shape index (κ1) is 12.8. The fraction of sp³-hybridized carbons (Fsp3) is 0.312. The van der Waals surface area contributed by atoms with E-state index in [0.29, 0.717) is 18.3 Å². The van der Waals surface area contributed by atoms with Crippen molar-refractivity contribution in [3.63, 3.8) is 0 Å².